The molecular weight excluding hydrogens is 417 g/mol. The summed E-state index contributed by atoms with van der Waals surface area (Å²) in [6.07, 6.45) is 0. The number of rotatable bonds is 4. The number of nitrogens with one attached hydrogen (secondary N) is 2. The summed E-state index contributed by atoms with van der Waals surface area (Å²) in [4.78, 5) is 12.1. The van der Waals surface area contributed by atoms with Crippen LogP contribution in [0.25, 0.3) is 0 Å². The zero-order valence-corrected chi connectivity index (χ0v) is 14.6. The molecular formula is C14H9BrFN5O3S. The molecule has 1 aromatic carbocycles. The SMILES string of the molecule is O=C(Nc1nonc1C(=NO)Nc1ccc(F)c(Br)c1)c1ccsc1. The Morgan fingerprint density at radius 3 is 2.84 bits per heavy atom. The summed E-state index contributed by atoms with van der Waals surface area (Å²) in [7, 11) is 0. The molecule has 128 valence electrons. The van der Waals surface area contributed by atoms with Gasteiger partial charge in [-0.05, 0) is 55.9 Å². The second kappa shape index (κ2) is 7.40. The van der Waals surface area contributed by atoms with Gasteiger partial charge in [0.15, 0.2) is 5.69 Å². The highest BCUT2D eigenvalue weighted by atomic mass is 79.9. The molecule has 0 unspecified atom stereocenters. The molecule has 1 amide bonds. The van der Waals surface area contributed by atoms with Crippen LogP contribution >= 0.6 is 27.3 Å². The zero-order valence-electron chi connectivity index (χ0n) is 12.2. The van der Waals surface area contributed by atoms with E-state index in [-0.39, 0.29) is 21.8 Å². The molecule has 0 fully saturated rings. The van der Waals surface area contributed by atoms with E-state index in [1.165, 1.54) is 29.5 Å². The van der Waals surface area contributed by atoms with Gasteiger partial charge in [-0.1, -0.05) is 5.16 Å². The van der Waals surface area contributed by atoms with Crippen LogP contribution in [0.2, 0.25) is 0 Å². The molecule has 8 nitrogen and oxygen atoms in total. The number of anilines is 2. The van der Waals surface area contributed by atoms with E-state index in [2.05, 4.69) is 46.7 Å². The van der Waals surface area contributed by atoms with Crippen molar-refractivity contribution in [3.05, 3.63) is 56.6 Å². The molecule has 2 heterocycles. The van der Waals surface area contributed by atoms with Crippen LogP contribution in [0.5, 0.6) is 0 Å². The Labute approximate surface area is 152 Å². The van der Waals surface area contributed by atoms with Gasteiger partial charge in [0.2, 0.25) is 11.7 Å². The minimum atomic E-state index is -0.445. The van der Waals surface area contributed by atoms with Crippen LogP contribution < -0.4 is 10.6 Å². The summed E-state index contributed by atoms with van der Waals surface area (Å²) < 4.78 is 18.1. The molecule has 0 saturated carbocycles. The molecule has 0 aliphatic carbocycles. The molecule has 3 rings (SSSR count). The Balaban J connectivity index is 1.81. The maximum Gasteiger partial charge on any atom is 0.257 e. The first-order chi connectivity index (χ1) is 12.1. The Kier molecular flexibility index (Phi) is 5.05. The lowest BCUT2D eigenvalue weighted by molar-refractivity contribution is 0.102. The van der Waals surface area contributed by atoms with Crippen molar-refractivity contribution in [2.45, 2.75) is 0 Å². The molecule has 25 heavy (non-hydrogen) atoms. The van der Waals surface area contributed by atoms with Crippen molar-refractivity contribution in [1.82, 2.24) is 10.3 Å². The van der Waals surface area contributed by atoms with Gasteiger partial charge in [-0.3, -0.25) is 4.79 Å². The highest BCUT2D eigenvalue weighted by molar-refractivity contribution is 9.10. The molecule has 0 aliphatic heterocycles. The number of oxime groups is 1. The highest BCUT2D eigenvalue weighted by Crippen LogP contribution is 2.21. The number of aromatic nitrogens is 2. The third-order valence-electron chi connectivity index (χ3n) is 3.01. The summed E-state index contributed by atoms with van der Waals surface area (Å²) >= 11 is 4.42. The Morgan fingerprint density at radius 1 is 1.32 bits per heavy atom. The molecule has 0 spiro atoms. The third-order valence-corrected chi connectivity index (χ3v) is 4.30. The van der Waals surface area contributed by atoms with E-state index in [1.54, 1.807) is 16.8 Å². The number of halogens is 2. The second-order valence-corrected chi connectivity index (χ2v) is 6.26. The first kappa shape index (κ1) is 17.0. The summed E-state index contributed by atoms with van der Waals surface area (Å²) in [5.74, 6) is -1.03. The fourth-order valence-electron chi connectivity index (χ4n) is 1.84. The van der Waals surface area contributed by atoms with Crippen molar-refractivity contribution in [2.75, 3.05) is 10.6 Å². The molecule has 0 radical (unpaired) electrons. The van der Waals surface area contributed by atoms with Crippen molar-refractivity contribution in [3.63, 3.8) is 0 Å². The fraction of sp³-hybridized carbons (Fsp3) is 0. The van der Waals surface area contributed by atoms with Gasteiger partial charge in [0, 0.05) is 11.1 Å². The van der Waals surface area contributed by atoms with Crippen LogP contribution in [-0.2, 0) is 0 Å². The van der Waals surface area contributed by atoms with E-state index in [0.717, 1.165) is 0 Å². The van der Waals surface area contributed by atoms with E-state index >= 15 is 0 Å². The molecule has 0 atom stereocenters. The second-order valence-electron chi connectivity index (χ2n) is 4.63. The topological polar surface area (TPSA) is 113 Å². The summed E-state index contributed by atoms with van der Waals surface area (Å²) in [5, 5.41) is 28.2. The summed E-state index contributed by atoms with van der Waals surface area (Å²) in [6.45, 7) is 0. The lowest BCUT2D eigenvalue weighted by Crippen LogP contribution is -2.19. The van der Waals surface area contributed by atoms with Crippen molar-refractivity contribution in [1.29, 1.82) is 0 Å². The normalized spacial score (nSPS) is 11.4. The largest absolute Gasteiger partial charge is 0.409 e. The monoisotopic (exact) mass is 425 g/mol. The van der Waals surface area contributed by atoms with Crippen LogP contribution in [0.1, 0.15) is 16.1 Å². The Hall–Kier alpha value is -2.79. The molecule has 3 N–H and O–H groups in total. The molecule has 0 aliphatic rings. The van der Waals surface area contributed by atoms with Gasteiger partial charge in [-0.2, -0.15) is 11.3 Å². The maximum atomic E-state index is 13.3. The molecule has 11 heteroatoms. The number of hydrogen-bond donors (Lipinski definition) is 3. The molecule has 0 saturated heterocycles. The maximum absolute atomic E-state index is 13.3. The number of amidine groups is 1. The van der Waals surface area contributed by atoms with E-state index in [1.807, 2.05) is 0 Å². The van der Waals surface area contributed by atoms with Gasteiger partial charge >= 0.3 is 0 Å². The number of carbonyl (C=O) groups excluding carboxylic acids is 1. The molecule has 0 bridgehead atoms. The van der Waals surface area contributed by atoms with Gasteiger partial charge in [0.1, 0.15) is 5.82 Å². The fourth-order valence-corrected chi connectivity index (χ4v) is 2.86. The van der Waals surface area contributed by atoms with Crippen molar-refractivity contribution in [2.24, 2.45) is 5.16 Å². The van der Waals surface area contributed by atoms with E-state index in [4.69, 9.17) is 0 Å². The lowest BCUT2D eigenvalue weighted by Gasteiger charge is -2.08. The lowest BCUT2D eigenvalue weighted by atomic mass is 10.3. The standard InChI is InChI=1S/C14H9BrFN5O3S/c15-9-5-8(1-2-10(9)16)17-12(19-23)11-13(21-24-20-11)18-14(22)7-3-4-25-6-7/h1-6,23H,(H,17,19)(H,18,21,22). The van der Waals surface area contributed by atoms with Crippen LogP contribution in [-0.4, -0.2) is 27.3 Å². The van der Waals surface area contributed by atoms with Gasteiger partial charge in [0.25, 0.3) is 5.91 Å². The zero-order chi connectivity index (χ0) is 17.8. The van der Waals surface area contributed by atoms with Crippen LogP contribution in [0, 0.1) is 5.82 Å². The quantitative estimate of drug-likeness (QED) is 0.255. The first-order valence-electron chi connectivity index (χ1n) is 6.69. The smallest absolute Gasteiger partial charge is 0.257 e. The number of benzene rings is 1. The summed E-state index contributed by atoms with van der Waals surface area (Å²) in [5.41, 5.74) is 0.836. The Morgan fingerprint density at radius 2 is 2.16 bits per heavy atom. The predicted molar refractivity (Wildman–Crippen MR) is 92.6 cm³/mol. The van der Waals surface area contributed by atoms with Crippen LogP contribution in [0.4, 0.5) is 15.9 Å². The van der Waals surface area contributed by atoms with Crippen LogP contribution in [0.3, 0.4) is 0 Å². The molecule has 2 aromatic heterocycles. The van der Waals surface area contributed by atoms with Gasteiger partial charge in [0.05, 0.1) is 10.0 Å². The van der Waals surface area contributed by atoms with E-state index in [0.29, 0.717) is 11.3 Å². The average molecular weight is 426 g/mol. The number of hydrogen-bond acceptors (Lipinski definition) is 7. The predicted octanol–water partition coefficient (Wildman–Crippen LogP) is 3.53. The minimum absolute atomic E-state index is 0.0217. The average Bonchev–Trinajstić information content (AvgIpc) is 3.27. The van der Waals surface area contributed by atoms with Gasteiger partial charge < -0.3 is 15.8 Å². The Bertz CT molecular complexity index is 928. The van der Waals surface area contributed by atoms with E-state index < -0.39 is 11.7 Å². The third kappa shape index (κ3) is 3.83. The number of thiophene rings is 1. The number of amides is 1. The number of nitrogens with zero attached hydrogens (tertiary/aromatic N) is 3. The number of carbonyl (C=O) groups is 1. The van der Waals surface area contributed by atoms with Crippen molar-refractivity contribution >= 4 is 50.5 Å². The van der Waals surface area contributed by atoms with Crippen molar-refractivity contribution < 1.29 is 19.0 Å². The van der Waals surface area contributed by atoms with Gasteiger partial charge in [-0.15, -0.1) is 0 Å². The van der Waals surface area contributed by atoms with Crippen molar-refractivity contribution in [3.8, 4) is 0 Å². The van der Waals surface area contributed by atoms with Gasteiger partial charge in [-0.25, -0.2) is 9.02 Å². The molecule has 3 aromatic rings. The summed E-state index contributed by atoms with van der Waals surface area (Å²) in [6, 6.07) is 5.74. The first-order valence-corrected chi connectivity index (χ1v) is 8.42. The van der Waals surface area contributed by atoms with Crippen LogP contribution in [0.15, 0.2) is 49.3 Å². The highest BCUT2D eigenvalue weighted by Gasteiger charge is 2.20. The minimum Gasteiger partial charge on any atom is -0.409 e. The van der Waals surface area contributed by atoms with E-state index in [9.17, 15) is 14.4 Å².